The molecule has 0 aliphatic heterocycles. The van der Waals surface area contributed by atoms with Crippen LogP contribution in [-0.2, 0) is 6.42 Å². The van der Waals surface area contributed by atoms with Gasteiger partial charge in [0.25, 0.3) is 0 Å². The van der Waals surface area contributed by atoms with Crippen LogP contribution in [0, 0.1) is 0 Å². The minimum absolute atomic E-state index is 0.380. The van der Waals surface area contributed by atoms with Crippen molar-refractivity contribution in [1.29, 1.82) is 0 Å². The van der Waals surface area contributed by atoms with Crippen LogP contribution in [0.4, 0.5) is 0 Å². The third-order valence-corrected chi connectivity index (χ3v) is 2.55. The molecule has 2 nitrogen and oxygen atoms in total. The number of hydrogen-bond acceptors (Lipinski definition) is 2. The van der Waals surface area contributed by atoms with Crippen molar-refractivity contribution in [2.75, 3.05) is 7.05 Å². The molecule has 1 aliphatic carbocycles. The summed E-state index contributed by atoms with van der Waals surface area (Å²) in [6.45, 7) is 0. The molecule has 64 valence electrons. The standard InChI is InChI=1S/C10H13NO/c1-11-10-5-2-7-6-8(12)3-4-9(7)10/h3-4,6,10-12H,2,5H2,1H3. The Bertz CT molecular complexity index is 296. The van der Waals surface area contributed by atoms with Crippen LogP contribution >= 0.6 is 0 Å². The van der Waals surface area contributed by atoms with Gasteiger partial charge in [0.15, 0.2) is 0 Å². The summed E-state index contributed by atoms with van der Waals surface area (Å²) in [6.07, 6.45) is 2.23. The molecule has 0 radical (unpaired) electrons. The average Bonchev–Trinajstić information content (AvgIpc) is 2.46. The Hall–Kier alpha value is -1.02. The molecule has 1 aliphatic rings. The summed E-state index contributed by atoms with van der Waals surface area (Å²) in [4.78, 5) is 0. The minimum atomic E-state index is 0.380. The second kappa shape index (κ2) is 2.79. The molecule has 1 aromatic carbocycles. The van der Waals surface area contributed by atoms with Crippen LogP contribution in [0.2, 0.25) is 0 Å². The van der Waals surface area contributed by atoms with Crippen molar-refractivity contribution < 1.29 is 5.11 Å². The van der Waals surface area contributed by atoms with Gasteiger partial charge in [-0.2, -0.15) is 0 Å². The fourth-order valence-corrected chi connectivity index (χ4v) is 1.90. The van der Waals surface area contributed by atoms with Crippen LogP contribution in [0.5, 0.6) is 5.75 Å². The third-order valence-electron chi connectivity index (χ3n) is 2.55. The van der Waals surface area contributed by atoms with E-state index in [-0.39, 0.29) is 0 Å². The van der Waals surface area contributed by atoms with Crippen LogP contribution in [0.3, 0.4) is 0 Å². The van der Waals surface area contributed by atoms with Crippen molar-refractivity contribution in [2.45, 2.75) is 18.9 Å². The molecule has 0 amide bonds. The van der Waals surface area contributed by atoms with Crippen LogP contribution in [-0.4, -0.2) is 12.2 Å². The second-order valence-corrected chi connectivity index (χ2v) is 3.26. The van der Waals surface area contributed by atoms with Crippen LogP contribution in [0.15, 0.2) is 18.2 Å². The Morgan fingerprint density at radius 1 is 1.50 bits per heavy atom. The van der Waals surface area contributed by atoms with Gasteiger partial charge in [-0.25, -0.2) is 0 Å². The molecule has 0 aromatic heterocycles. The van der Waals surface area contributed by atoms with Gasteiger partial charge in [-0.05, 0) is 43.1 Å². The van der Waals surface area contributed by atoms with E-state index >= 15 is 0 Å². The van der Waals surface area contributed by atoms with Crippen molar-refractivity contribution in [3.05, 3.63) is 29.3 Å². The Balaban J connectivity index is 2.40. The van der Waals surface area contributed by atoms with Gasteiger partial charge in [0.1, 0.15) is 5.75 Å². The van der Waals surface area contributed by atoms with Gasteiger partial charge in [0.2, 0.25) is 0 Å². The highest BCUT2D eigenvalue weighted by molar-refractivity contribution is 5.39. The second-order valence-electron chi connectivity index (χ2n) is 3.26. The fourth-order valence-electron chi connectivity index (χ4n) is 1.90. The van der Waals surface area contributed by atoms with E-state index in [1.165, 1.54) is 11.1 Å². The Morgan fingerprint density at radius 3 is 3.08 bits per heavy atom. The van der Waals surface area contributed by atoms with Crippen LogP contribution in [0.1, 0.15) is 23.6 Å². The van der Waals surface area contributed by atoms with E-state index < -0.39 is 0 Å². The molecule has 2 heteroatoms. The lowest BCUT2D eigenvalue weighted by atomic mass is 10.1. The largest absolute Gasteiger partial charge is 0.508 e. The monoisotopic (exact) mass is 163 g/mol. The van der Waals surface area contributed by atoms with E-state index in [9.17, 15) is 5.11 Å². The maximum atomic E-state index is 9.23. The SMILES string of the molecule is CNC1CCc2cc(O)ccc21. The van der Waals surface area contributed by atoms with Gasteiger partial charge in [-0.15, -0.1) is 0 Å². The Kier molecular flexibility index (Phi) is 1.77. The summed E-state index contributed by atoms with van der Waals surface area (Å²) in [5.41, 5.74) is 2.63. The van der Waals surface area contributed by atoms with Gasteiger partial charge < -0.3 is 10.4 Å². The fraction of sp³-hybridized carbons (Fsp3) is 0.400. The number of phenolic OH excluding ortho intramolecular Hbond substituents is 1. The summed E-state index contributed by atoms with van der Waals surface area (Å²) < 4.78 is 0. The zero-order chi connectivity index (χ0) is 8.55. The Labute approximate surface area is 72.2 Å². The van der Waals surface area contributed by atoms with Gasteiger partial charge in [-0.3, -0.25) is 0 Å². The van der Waals surface area contributed by atoms with E-state index in [2.05, 4.69) is 5.32 Å². The first-order valence-corrected chi connectivity index (χ1v) is 4.30. The molecule has 12 heavy (non-hydrogen) atoms. The van der Waals surface area contributed by atoms with Crippen molar-refractivity contribution in [2.24, 2.45) is 0 Å². The van der Waals surface area contributed by atoms with E-state index in [0.29, 0.717) is 11.8 Å². The topological polar surface area (TPSA) is 32.3 Å². The van der Waals surface area contributed by atoms with Gasteiger partial charge in [-0.1, -0.05) is 6.07 Å². The van der Waals surface area contributed by atoms with Crippen molar-refractivity contribution in [1.82, 2.24) is 5.32 Å². The molecule has 0 fully saturated rings. The lowest BCUT2D eigenvalue weighted by molar-refractivity contribution is 0.474. The van der Waals surface area contributed by atoms with E-state index in [4.69, 9.17) is 0 Å². The number of hydrogen-bond donors (Lipinski definition) is 2. The molecule has 2 rings (SSSR count). The lowest BCUT2D eigenvalue weighted by Crippen LogP contribution is -2.12. The normalized spacial score (nSPS) is 20.9. The van der Waals surface area contributed by atoms with E-state index in [0.717, 1.165) is 12.8 Å². The van der Waals surface area contributed by atoms with E-state index in [1.54, 1.807) is 6.07 Å². The molecule has 0 saturated heterocycles. The number of phenols is 1. The summed E-state index contributed by atoms with van der Waals surface area (Å²) in [6, 6.07) is 6.13. The number of nitrogens with one attached hydrogen (secondary N) is 1. The number of aromatic hydroxyl groups is 1. The Morgan fingerprint density at radius 2 is 2.33 bits per heavy atom. The summed E-state index contributed by atoms with van der Waals surface area (Å²) in [5.74, 6) is 0.380. The van der Waals surface area contributed by atoms with Crippen molar-refractivity contribution in [3.8, 4) is 5.75 Å². The predicted molar refractivity (Wildman–Crippen MR) is 48.2 cm³/mol. The molecular weight excluding hydrogens is 150 g/mol. The number of fused-ring (bicyclic) bond motifs is 1. The van der Waals surface area contributed by atoms with Crippen LogP contribution < -0.4 is 5.32 Å². The predicted octanol–water partition coefficient (Wildman–Crippen LogP) is 1.60. The van der Waals surface area contributed by atoms with Crippen molar-refractivity contribution in [3.63, 3.8) is 0 Å². The summed E-state index contributed by atoms with van der Waals surface area (Å²) >= 11 is 0. The molecule has 1 unspecified atom stereocenters. The molecular formula is C10H13NO. The summed E-state index contributed by atoms with van der Waals surface area (Å²) in [7, 11) is 1.98. The quantitative estimate of drug-likeness (QED) is 0.659. The lowest BCUT2D eigenvalue weighted by Gasteiger charge is -2.09. The number of rotatable bonds is 1. The highest BCUT2D eigenvalue weighted by atomic mass is 16.3. The zero-order valence-corrected chi connectivity index (χ0v) is 7.17. The van der Waals surface area contributed by atoms with Gasteiger partial charge >= 0.3 is 0 Å². The van der Waals surface area contributed by atoms with Gasteiger partial charge in [0.05, 0.1) is 0 Å². The first-order chi connectivity index (χ1) is 5.81. The molecule has 2 N–H and O–H groups in total. The van der Waals surface area contributed by atoms with Crippen molar-refractivity contribution >= 4 is 0 Å². The number of aryl methyl sites for hydroxylation is 1. The molecule has 0 heterocycles. The third kappa shape index (κ3) is 1.08. The molecule has 1 aromatic rings. The zero-order valence-electron chi connectivity index (χ0n) is 7.17. The smallest absolute Gasteiger partial charge is 0.115 e. The summed E-state index contributed by atoms with van der Waals surface area (Å²) in [5, 5.41) is 12.5. The highest BCUT2D eigenvalue weighted by Gasteiger charge is 2.20. The molecule has 0 bridgehead atoms. The maximum Gasteiger partial charge on any atom is 0.115 e. The van der Waals surface area contributed by atoms with E-state index in [1.807, 2.05) is 19.2 Å². The maximum absolute atomic E-state index is 9.23. The molecule has 0 saturated carbocycles. The van der Waals surface area contributed by atoms with Gasteiger partial charge in [0, 0.05) is 6.04 Å². The molecule has 1 atom stereocenters. The highest BCUT2D eigenvalue weighted by Crippen LogP contribution is 2.32. The first-order valence-electron chi connectivity index (χ1n) is 4.30. The molecule has 0 spiro atoms. The first kappa shape index (κ1) is 7.62. The van der Waals surface area contributed by atoms with Crippen LogP contribution in [0.25, 0.3) is 0 Å². The minimum Gasteiger partial charge on any atom is -0.508 e. The average molecular weight is 163 g/mol. The number of benzene rings is 1.